The molecule has 0 fully saturated rings. The van der Waals surface area contributed by atoms with Crippen molar-refractivity contribution in [1.29, 1.82) is 0 Å². The number of anilines is 1. The molecular weight excluding hydrogens is 490 g/mol. The Kier molecular flexibility index (Phi) is 7.57. The summed E-state index contributed by atoms with van der Waals surface area (Å²) < 4.78 is 3.52. The van der Waals surface area contributed by atoms with Gasteiger partial charge in [0.2, 0.25) is 5.88 Å². The van der Waals surface area contributed by atoms with Gasteiger partial charge in [0.15, 0.2) is 4.77 Å². The highest BCUT2D eigenvalue weighted by atomic mass is 32.1. The van der Waals surface area contributed by atoms with Gasteiger partial charge in [0.05, 0.1) is 0 Å². The van der Waals surface area contributed by atoms with Crippen molar-refractivity contribution in [2.24, 2.45) is 5.41 Å². The Morgan fingerprint density at radius 2 is 1.71 bits per heavy atom. The lowest BCUT2D eigenvalue weighted by Crippen LogP contribution is -2.28. The Morgan fingerprint density at radius 3 is 2.37 bits per heavy atom. The van der Waals surface area contributed by atoms with E-state index in [9.17, 15) is 9.90 Å². The summed E-state index contributed by atoms with van der Waals surface area (Å²) in [5.74, 6) is -0.0634. The molecule has 0 amide bonds. The van der Waals surface area contributed by atoms with Crippen LogP contribution in [0.5, 0.6) is 5.88 Å². The molecule has 1 aliphatic carbocycles. The van der Waals surface area contributed by atoms with Crippen LogP contribution in [-0.4, -0.2) is 21.3 Å². The highest BCUT2D eigenvalue weighted by Crippen LogP contribution is 2.46. The molecule has 1 aromatic carbocycles. The summed E-state index contributed by atoms with van der Waals surface area (Å²) in [6, 6.07) is 8.55. The van der Waals surface area contributed by atoms with E-state index in [1.807, 2.05) is 32.1 Å². The molecule has 4 rings (SSSR count). The second-order valence-electron chi connectivity index (χ2n) is 11.3. The van der Waals surface area contributed by atoms with Gasteiger partial charge in [-0.2, -0.15) is 0 Å². The fourth-order valence-electron chi connectivity index (χ4n) is 5.74. The van der Waals surface area contributed by atoms with E-state index in [0.29, 0.717) is 23.4 Å². The second kappa shape index (κ2) is 10.4. The molecule has 0 atom stereocenters. The predicted octanol–water partition coefficient (Wildman–Crippen LogP) is 7.29. The summed E-state index contributed by atoms with van der Waals surface area (Å²) in [5.41, 5.74) is 5.51. The Balaban J connectivity index is 1.64. The van der Waals surface area contributed by atoms with Crippen molar-refractivity contribution in [2.45, 2.75) is 66.5 Å². The van der Waals surface area contributed by atoms with Crippen molar-refractivity contribution in [2.75, 3.05) is 11.9 Å². The molecule has 6 heteroatoms. The summed E-state index contributed by atoms with van der Waals surface area (Å²) in [7, 11) is 2.12. The molecule has 200 valence electrons. The van der Waals surface area contributed by atoms with Crippen LogP contribution >= 0.6 is 12.2 Å². The number of hydrogen-bond donors (Lipinski definition) is 1. The van der Waals surface area contributed by atoms with E-state index in [-0.39, 0.29) is 22.3 Å². The van der Waals surface area contributed by atoms with Crippen molar-refractivity contribution in [3.8, 4) is 5.88 Å². The monoisotopic (exact) mass is 529 g/mol. The van der Waals surface area contributed by atoms with E-state index in [4.69, 9.17) is 12.2 Å². The molecule has 1 N–H and O–H groups in total. The van der Waals surface area contributed by atoms with Gasteiger partial charge in [0.1, 0.15) is 5.56 Å². The average Bonchev–Trinajstić information content (AvgIpc) is 3.04. The molecule has 0 bridgehead atoms. The highest BCUT2D eigenvalue weighted by molar-refractivity contribution is 7.71. The molecule has 0 saturated heterocycles. The highest BCUT2D eigenvalue weighted by Gasteiger charge is 2.37. The molecule has 0 unspecified atom stereocenters. The standard InChI is InChI=1S/C32H39N3O2S/c1-8-34-28(36)27(29(37)35(9-2)30(34)38)23-19-22(20-31(3,4)21-23)15-11-10-12-18-26-32(5,6)24-16-13-14-17-25(24)33(26)7/h10-19,21,36H,8-9,20H2,1-7H3/b12-10?,15-11+,26-18?. The SMILES string of the molecule is CCn1c(O)c(C2=CC(C)(C)CC(/C=C/C=CC=C3N(C)c4ccccc4C3(C)C)=C2)c(=O)n(CC)c1=S. The van der Waals surface area contributed by atoms with E-state index in [1.165, 1.54) is 16.9 Å². The van der Waals surface area contributed by atoms with E-state index >= 15 is 0 Å². The first-order valence-corrected chi connectivity index (χ1v) is 13.7. The quantitative estimate of drug-likeness (QED) is 0.315. The molecule has 2 aliphatic rings. The second-order valence-corrected chi connectivity index (χ2v) is 11.6. The average molecular weight is 530 g/mol. The van der Waals surface area contributed by atoms with Crippen molar-refractivity contribution in [1.82, 2.24) is 9.13 Å². The first-order chi connectivity index (χ1) is 17.9. The summed E-state index contributed by atoms with van der Waals surface area (Å²) in [6.45, 7) is 13.6. The first-order valence-electron chi connectivity index (χ1n) is 13.3. The van der Waals surface area contributed by atoms with E-state index in [0.717, 1.165) is 17.6 Å². The maximum Gasteiger partial charge on any atom is 0.266 e. The Labute approximate surface area is 231 Å². The van der Waals surface area contributed by atoms with Crippen LogP contribution in [0.2, 0.25) is 0 Å². The topological polar surface area (TPSA) is 50.4 Å². The zero-order valence-corrected chi connectivity index (χ0v) is 24.4. The summed E-state index contributed by atoms with van der Waals surface area (Å²) >= 11 is 5.46. The molecule has 1 aliphatic heterocycles. The maximum atomic E-state index is 13.3. The van der Waals surface area contributed by atoms with Gasteiger partial charge in [0, 0.05) is 36.9 Å². The van der Waals surface area contributed by atoms with Crippen LogP contribution < -0.4 is 10.5 Å². The minimum absolute atomic E-state index is 0.0572. The number of rotatable bonds is 6. The van der Waals surface area contributed by atoms with Gasteiger partial charge >= 0.3 is 0 Å². The number of hydrogen-bond acceptors (Lipinski definition) is 4. The molecular formula is C32H39N3O2S. The summed E-state index contributed by atoms with van der Waals surface area (Å²) in [5, 5.41) is 11.0. The third-order valence-electron chi connectivity index (χ3n) is 7.60. The molecule has 38 heavy (non-hydrogen) atoms. The van der Waals surface area contributed by atoms with Crippen molar-refractivity contribution in [3.63, 3.8) is 0 Å². The minimum atomic E-state index is -0.251. The van der Waals surface area contributed by atoms with Crippen molar-refractivity contribution < 1.29 is 5.11 Å². The van der Waals surface area contributed by atoms with Crippen LogP contribution in [0.25, 0.3) is 5.57 Å². The number of benzene rings is 1. The van der Waals surface area contributed by atoms with Gasteiger partial charge in [-0.15, -0.1) is 0 Å². The smallest absolute Gasteiger partial charge is 0.266 e. The number of nitrogens with zero attached hydrogens (tertiary/aromatic N) is 3. The van der Waals surface area contributed by atoms with E-state index in [1.54, 1.807) is 9.13 Å². The molecule has 0 spiro atoms. The van der Waals surface area contributed by atoms with Gasteiger partial charge in [-0.3, -0.25) is 13.9 Å². The van der Waals surface area contributed by atoms with Gasteiger partial charge in [-0.1, -0.05) is 82.4 Å². The number of aromatic hydroxyl groups is 1. The van der Waals surface area contributed by atoms with Crippen LogP contribution in [0.1, 0.15) is 59.1 Å². The van der Waals surface area contributed by atoms with Crippen LogP contribution in [0.15, 0.2) is 82.9 Å². The Hall–Kier alpha value is -3.38. The summed E-state index contributed by atoms with van der Waals surface area (Å²) in [6.07, 6.45) is 15.4. The number of para-hydroxylation sites is 1. The zero-order chi connectivity index (χ0) is 27.8. The minimum Gasteiger partial charge on any atom is -0.494 e. The molecule has 0 radical (unpaired) electrons. The Bertz CT molecular complexity index is 1530. The van der Waals surface area contributed by atoms with Gasteiger partial charge in [-0.25, -0.2) is 0 Å². The summed E-state index contributed by atoms with van der Waals surface area (Å²) in [4.78, 5) is 15.6. The Morgan fingerprint density at radius 1 is 1.03 bits per heavy atom. The normalized spacial score (nSPS) is 19.3. The third-order valence-corrected chi connectivity index (χ3v) is 8.04. The lowest BCUT2D eigenvalue weighted by molar-refractivity contribution is 0.398. The van der Waals surface area contributed by atoms with E-state index < -0.39 is 0 Å². The van der Waals surface area contributed by atoms with E-state index in [2.05, 4.69) is 88.2 Å². The van der Waals surface area contributed by atoms with Crippen molar-refractivity contribution in [3.05, 3.63) is 104 Å². The fraction of sp³-hybridized carbons (Fsp3) is 0.375. The third kappa shape index (κ3) is 4.90. The first kappa shape index (κ1) is 27.6. The zero-order valence-electron chi connectivity index (χ0n) is 23.6. The lowest BCUT2D eigenvalue weighted by Gasteiger charge is -2.27. The van der Waals surface area contributed by atoms with Gasteiger partial charge in [-0.05, 0) is 66.8 Å². The molecule has 2 heterocycles. The number of aromatic nitrogens is 2. The molecule has 0 saturated carbocycles. The lowest BCUT2D eigenvalue weighted by atomic mass is 9.78. The number of likely N-dealkylation sites (N-methyl/N-ethyl adjacent to an activating group) is 1. The van der Waals surface area contributed by atoms with Crippen molar-refractivity contribution >= 4 is 23.5 Å². The van der Waals surface area contributed by atoms with Crippen LogP contribution in [0.3, 0.4) is 0 Å². The van der Waals surface area contributed by atoms with Crippen LogP contribution in [0, 0.1) is 10.2 Å². The van der Waals surface area contributed by atoms with Gasteiger partial charge in [0.25, 0.3) is 5.56 Å². The number of fused-ring (bicyclic) bond motifs is 1. The molecule has 5 nitrogen and oxygen atoms in total. The fourth-order valence-corrected chi connectivity index (χ4v) is 6.17. The largest absolute Gasteiger partial charge is 0.494 e. The number of allylic oxidation sites excluding steroid dienone is 10. The van der Waals surface area contributed by atoms with Crippen LogP contribution in [0.4, 0.5) is 5.69 Å². The maximum absolute atomic E-state index is 13.3. The molecule has 1 aromatic heterocycles. The van der Waals surface area contributed by atoms with Gasteiger partial charge < -0.3 is 10.0 Å². The van der Waals surface area contributed by atoms with Crippen LogP contribution in [-0.2, 0) is 18.5 Å². The predicted molar refractivity (Wildman–Crippen MR) is 161 cm³/mol. The molecule has 2 aromatic rings.